The molecule has 6 N–H and O–H groups in total. The van der Waals surface area contributed by atoms with E-state index < -0.39 is 0 Å². The largest absolute Gasteiger partial charge is 0.383 e. The fourth-order valence-electron chi connectivity index (χ4n) is 3.03. The van der Waals surface area contributed by atoms with Gasteiger partial charge in [0, 0.05) is 27.7 Å². The molecule has 1 unspecified atom stereocenters. The summed E-state index contributed by atoms with van der Waals surface area (Å²) in [5.74, 6) is 0.913. The van der Waals surface area contributed by atoms with Crippen molar-refractivity contribution in [2.75, 3.05) is 0 Å². The average molecular weight is 396 g/mol. The first kappa shape index (κ1) is 20.3. The van der Waals surface area contributed by atoms with E-state index in [4.69, 9.17) is 11.5 Å². The van der Waals surface area contributed by atoms with Crippen LogP contribution < -0.4 is 22.1 Å². The Morgan fingerprint density at radius 1 is 1.39 bits per heavy atom. The van der Waals surface area contributed by atoms with Gasteiger partial charge in [-0.1, -0.05) is 33.1 Å². The molecule has 0 radical (unpaired) electrons. The van der Waals surface area contributed by atoms with Crippen molar-refractivity contribution in [3.05, 3.63) is 66.2 Å². The third kappa shape index (κ3) is 4.88. The Morgan fingerprint density at radius 3 is 2.79 bits per heavy atom. The van der Waals surface area contributed by atoms with E-state index in [9.17, 15) is 0 Å². The highest BCUT2D eigenvalue weighted by atomic mass is 32.2. The van der Waals surface area contributed by atoms with Crippen LogP contribution in [0.4, 0.5) is 5.69 Å². The molecule has 1 atom stereocenters. The Kier molecular flexibility index (Phi) is 6.31. The summed E-state index contributed by atoms with van der Waals surface area (Å²) in [6.07, 6.45) is 7.84. The van der Waals surface area contributed by atoms with Crippen molar-refractivity contribution in [1.29, 1.82) is 0 Å². The Balaban J connectivity index is 1.91. The first-order valence-electron chi connectivity index (χ1n) is 9.55. The molecule has 28 heavy (non-hydrogen) atoms. The molecule has 3 rings (SSSR count). The minimum atomic E-state index is -0.0898. The third-order valence-electron chi connectivity index (χ3n) is 4.61. The number of thioether (sulfide) groups is 1. The van der Waals surface area contributed by atoms with Gasteiger partial charge in [0.25, 0.3) is 0 Å². The summed E-state index contributed by atoms with van der Waals surface area (Å²) in [4.78, 5) is 5.83. The summed E-state index contributed by atoms with van der Waals surface area (Å²) in [6, 6.07) is 6.05. The highest BCUT2D eigenvalue weighted by Crippen LogP contribution is 2.32. The van der Waals surface area contributed by atoms with Gasteiger partial charge in [-0.15, -0.1) is 11.8 Å². The van der Waals surface area contributed by atoms with Gasteiger partial charge in [0.15, 0.2) is 0 Å². The first-order valence-corrected chi connectivity index (χ1v) is 10.4. The van der Waals surface area contributed by atoms with Crippen LogP contribution in [-0.4, -0.2) is 17.3 Å². The summed E-state index contributed by atoms with van der Waals surface area (Å²) < 4.78 is 0. The minimum Gasteiger partial charge on any atom is -0.383 e. The topological polar surface area (TPSA) is 88.5 Å². The number of amidine groups is 1. The van der Waals surface area contributed by atoms with E-state index in [-0.39, 0.29) is 6.17 Å². The first-order chi connectivity index (χ1) is 13.4. The van der Waals surface area contributed by atoms with Crippen LogP contribution in [0, 0.1) is 5.92 Å². The second-order valence-electron chi connectivity index (χ2n) is 7.34. The standard InChI is InChI=1S/C22H29N5S/c1-5-15-12-17(8-9-19(15)28-13(2)3)26-22(24)20-14(4)25-11-10-18(20)27-21(23)16-6-7-16/h5,8-13,16,21,25,27H,1,4,6-7,23H2,2-3H3,(H2,24,26). The van der Waals surface area contributed by atoms with E-state index >= 15 is 0 Å². The van der Waals surface area contributed by atoms with Gasteiger partial charge in [-0.05, 0) is 48.6 Å². The molecule has 6 heteroatoms. The number of nitrogens with two attached hydrogens (primary N) is 2. The minimum absolute atomic E-state index is 0.0898. The second-order valence-corrected chi connectivity index (χ2v) is 8.96. The smallest absolute Gasteiger partial charge is 0.135 e. The van der Waals surface area contributed by atoms with Crippen molar-refractivity contribution in [2.45, 2.75) is 43.0 Å². The fourth-order valence-corrected chi connectivity index (χ4v) is 3.96. The van der Waals surface area contributed by atoms with Crippen LogP contribution in [0.3, 0.4) is 0 Å². The van der Waals surface area contributed by atoms with Crippen LogP contribution in [0.5, 0.6) is 0 Å². The van der Waals surface area contributed by atoms with Crippen LogP contribution in [0.25, 0.3) is 6.08 Å². The van der Waals surface area contributed by atoms with Crippen molar-refractivity contribution < 1.29 is 0 Å². The van der Waals surface area contributed by atoms with Crippen molar-refractivity contribution in [2.24, 2.45) is 22.4 Å². The van der Waals surface area contributed by atoms with E-state index in [0.717, 1.165) is 35.4 Å². The van der Waals surface area contributed by atoms with E-state index in [0.29, 0.717) is 22.7 Å². The molecule has 0 amide bonds. The molecule has 1 aliphatic carbocycles. The lowest BCUT2D eigenvalue weighted by atomic mass is 10.1. The summed E-state index contributed by atoms with van der Waals surface area (Å²) in [7, 11) is 0. The molecule has 1 aliphatic heterocycles. The molecule has 0 spiro atoms. The fraction of sp³-hybridized carbons (Fsp3) is 0.318. The van der Waals surface area contributed by atoms with Crippen LogP contribution in [0.2, 0.25) is 0 Å². The number of dihydropyridines is 1. The number of hydrogen-bond acceptors (Lipinski definition) is 5. The molecule has 2 aliphatic rings. The van der Waals surface area contributed by atoms with Crippen molar-refractivity contribution in [1.82, 2.24) is 10.6 Å². The average Bonchev–Trinajstić information content (AvgIpc) is 3.47. The lowest BCUT2D eigenvalue weighted by Crippen LogP contribution is -2.41. The monoisotopic (exact) mass is 395 g/mol. The normalized spacial score (nSPS) is 18.3. The molecule has 1 aromatic rings. The molecule has 0 aromatic heterocycles. The van der Waals surface area contributed by atoms with Gasteiger partial charge >= 0.3 is 0 Å². The Labute approximate surface area is 171 Å². The molecular formula is C22H29N5S. The predicted octanol–water partition coefficient (Wildman–Crippen LogP) is 3.99. The number of aliphatic imine (C=N–C) groups is 1. The summed E-state index contributed by atoms with van der Waals surface area (Å²) in [5.41, 5.74) is 16.8. The lowest BCUT2D eigenvalue weighted by molar-refractivity contribution is 0.528. The number of hydrogen-bond donors (Lipinski definition) is 4. The van der Waals surface area contributed by atoms with Gasteiger partial charge in [0.05, 0.1) is 17.4 Å². The van der Waals surface area contributed by atoms with Gasteiger partial charge in [0.1, 0.15) is 5.84 Å². The SMILES string of the molecule is C=Cc1cc(N=C(N)C2=C(NC(N)C3CC3)C=CNC2=C)ccc1SC(C)C. The molecule has 1 fully saturated rings. The van der Waals surface area contributed by atoms with Crippen molar-refractivity contribution in [3.63, 3.8) is 0 Å². The second kappa shape index (κ2) is 8.71. The zero-order chi connectivity index (χ0) is 20.3. The number of nitrogens with one attached hydrogen (secondary N) is 2. The highest BCUT2D eigenvalue weighted by Gasteiger charge is 2.29. The van der Waals surface area contributed by atoms with Gasteiger partial charge < -0.3 is 22.1 Å². The van der Waals surface area contributed by atoms with Gasteiger partial charge in [0.2, 0.25) is 0 Å². The Bertz CT molecular complexity index is 862. The number of benzene rings is 1. The number of nitrogens with zero attached hydrogens (tertiary/aromatic N) is 1. The molecule has 0 saturated heterocycles. The maximum atomic E-state index is 6.38. The zero-order valence-electron chi connectivity index (χ0n) is 16.5. The van der Waals surface area contributed by atoms with E-state index in [2.05, 4.69) is 48.7 Å². The molecule has 148 valence electrons. The third-order valence-corrected chi connectivity index (χ3v) is 5.71. The highest BCUT2D eigenvalue weighted by molar-refractivity contribution is 8.00. The van der Waals surface area contributed by atoms with Crippen LogP contribution in [0.15, 0.2) is 70.5 Å². The van der Waals surface area contributed by atoms with Crippen molar-refractivity contribution >= 4 is 29.4 Å². The maximum Gasteiger partial charge on any atom is 0.135 e. The number of rotatable bonds is 8. The maximum absolute atomic E-state index is 6.38. The van der Waals surface area contributed by atoms with E-state index in [1.54, 1.807) is 11.8 Å². The summed E-state index contributed by atoms with van der Waals surface area (Å²) in [5, 5.41) is 6.97. The van der Waals surface area contributed by atoms with Crippen LogP contribution >= 0.6 is 11.8 Å². The lowest BCUT2D eigenvalue weighted by Gasteiger charge is -2.23. The van der Waals surface area contributed by atoms with Crippen molar-refractivity contribution in [3.8, 4) is 0 Å². The molecule has 1 heterocycles. The van der Waals surface area contributed by atoms with Gasteiger partial charge in [-0.25, -0.2) is 4.99 Å². The van der Waals surface area contributed by atoms with E-state index in [1.807, 2.05) is 30.5 Å². The van der Waals surface area contributed by atoms with Gasteiger partial charge in [-0.3, -0.25) is 0 Å². The molecule has 5 nitrogen and oxygen atoms in total. The van der Waals surface area contributed by atoms with E-state index in [1.165, 1.54) is 4.90 Å². The summed E-state index contributed by atoms with van der Waals surface area (Å²) >= 11 is 1.80. The van der Waals surface area contributed by atoms with Gasteiger partial charge in [-0.2, -0.15) is 0 Å². The molecule has 1 saturated carbocycles. The quantitative estimate of drug-likeness (QED) is 0.231. The zero-order valence-corrected chi connectivity index (χ0v) is 17.4. The molecule has 0 bridgehead atoms. The number of allylic oxidation sites excluding steroid dienone is 1. The summed E-state index contributed by atoms with van der Waals surface area (Å²) in [6.45, 7) is 12.3. The predicted molar refractivity (Wildman–Crippen MR) is 121 cm³/mol. The van der Waals surface area contributed by atoms with Crippen LogP contribution in [-0.2, 0) is 0 Å². The molecular weight excluding hydrogens is 366 g/mol. The Morgan fingerprint density at radius 2 is 2.14 bits per heavy atom. The van der Waals surface area contributed by atoms with Crippen LogP contribution in [0.1, 0.15) is 32.3 Å². The molecule has 1 aromatic carbocycles. The Hall–Kier alpha value is -2.44.